The molecule has 0 unspecified atom stereocenters. The SMILES string of the molecule is CC[C@H](O)Cc1cc(OC)ccc1OC. The second-order valence-electron chi connectivity index (χ2n) is 3.44. The van der Waals surface area contributed by atoms with Crippen molar-refractivity contribution in [1.29, 1.82) is 0 Å². The first-order valence-corrected chi connectivity index (χ1v) is 5.10. The Kier molecular flexibility index (Phi) is 4.43. The van der Waals surface area contributed by atoms with Gasteiger partial charge in [-0.25, -0.2) is 0 Å². The van der Waals surface area contributed by atoms with Crippen molar-refractivity contribution >= 4 is 0 Å². The van der Waals surface area contributed by atoms with Crippen molar-refractivity contribution in [2.24, 2.45) is 0 Å². The molecule has 0 spiro atoms. The third kappa shape index (κ3) is 3.13. The van der Waals surface area contributed by atoms with Gasteiger partial charge in [0.15, 0.2) is 0 Å². The summed E-state index contributed by atoms with van der Waals surface area (Å²) in [6.45, 7) is 1.96. The lowest BCUT2D eigenvalue weighted by Crippen LogP contribution is -2.09. The topological polar surface area (TPSA) is 38.7 Å². The summed E-state index contributed by atoms with van der Waals surface area (Å²) >= 11 is 0. The molecule has 1 aromatic carbocycles. The van der Waals surface area contributed by atoms with Gasteiger partial charge < -0.3 is 14.6 Å². The van der Waals surface area contributed by atoms with Crippen LogP contribution in [0.3, 0.4) is 0 Å². The molecule has 0 aliphatic heterocycles. The van der Waals surface area contributed by atoms with E-state index < -0.39 is 0 Å². The van der Waals surface area contributed by atoms with Crippen LogP contribution in [0.2, 0.25) is 0 Å². The number of methoxy groups -OCH3 is 2. The van der Waals surface area contributed by atoms with Crippen LogP contribution in [0.1, 0.15) is 18.9 Å². The van der Waals surface area contributed by atoms with E-state index in [1.807, 2.05) is 25.1 Å². The highest BCUT2D eigenvalue weighted by Crippen LogP contribution is 2.25. The summed E-state index contributed by atoms with van der Waals surface area (Å²) in [6.07, 6.45) is 1.00. The first kappa shape index (κ1) is 11.9. The van der Waals surface area contributed by atoms with E-state index in [9.17, 15) is 5.11 Å². The molecule has 1 atom stereocenters. The normalized spacial score (nSPS) is 12.3. The maximum Gasteiger partial charge on any atom is 0.122 e. The van der Waals surface area contributed by atoms with E-state index in [0.29, 0.717) is 6.42 Å². The van der Waals surface area contributed by atoms with Crippen LogP contribution in [0, 0.1) is 0 Å². The number of ether oxygens (including phenoxy) is 2. The van der Waals surface area contributed by atoms with E-state index in [1.54, 1.807) is 14.2 Å². The fraction of sp³-hybridized carbons (Fsp3) is 0.500. The summed E-state index contributed by atoms with van der Waals surface area (Å²) in [4.78, 5) is 0. The zero-order valence-electron chi connectivity index (χ0n) is 9.49. The average molecular weight is 210 g/mol. The molecule has 0 heterocycles. The predicted molar refractivity (Wildman–Crippen MR) is 59.5 cm³/mol. The third-order valence-electron chi connectivity index (χ3n) is 2.41. The fourth-order valence-corrected chi connectivity index (χ4v) is 1.44. The lowest BCUT2D eigenvalue weighted by molar-refractivity contribution is 0.169. The molecule has 0 aromatic heterocycles. The van der Waals surface area contributed by atoms with E-state index in [1.165, 1.54) is 0 Å². The molecule has 1 N–H and O–H groups in total. The molecule has 1 aromatic rings. The third-order valence-corrected chi connectivity index (χ3v) is 2.41. The molecule has 0 radical (unpaired) electrons. The van der Waals surface area contributed by atoms with E-state index in [2.05, 4.69) is 0 Å². The highest BCUT2D eigenvalue weighted by atomic mass is 16.5. The van der Waals surface area contributed by atoms with Crippen molar-refractivity contribution in [3.05, 3.63) is 23.8 Å². The molecule has 3 heteroatoms. The monoisotopic (exact) mass is 210 g/mol. The van der Waals surface area contributed by atoms with Crippen molar-refractivity contribution in [3.8, 4) is 11.5 Å². The molecule has 0 aliphatic rings. The number of aliphatic hydroxyl groups excluding tert-OH is 1. The number of benzene rings is 1. The average Bonchev–Trinajstić information content (AvgIpc) is 2.28. The minimum Gasteiger partial charge on any atom is -0.497 e. The Hall–Kier alpha value is -1.22. The van der Waals surface area contributed by atoms with E-state index in [0.717, 1.165) is 23.5 Å². The van der Waals surface area contributed by atoms with Crippen LogP contribution >= 0.6 is 0 Å². The van der Waals surface area contributed by atoms with Gasteiger partial charge in [0.2, 0.25) is 0 Å². The van der Waals surface area contributed by atoms with Gasteiger partial charge in [-0.1, -0.05) is 6.92 Å². The molecule has 1 rings (SSSR count). The van der Waals surface area contributed by atoms with Crippen LogP contribution in [0.4, 0.5) is 0 Å². The van der Waals surface area contributed by atoms with Crippen molar-refractivity contribution < 1.29 is 14.6 Å². The van der Waals surface area contributed by atoms with Crippen molar-refractivity contribution in [2.75, 3.05) is 14.2 Å². The molecule has 0 saturated heterocycles. The smallest absolute Gasteiger partial charge is 0.122 e. The highest BCUT2D eigenvalue weighted by molar-refractivity contribution is 5.40. The Morgan fingerprint density at radius 1 is 1.27 bits per heavy atom. The molecule has 3 nitrogen and oxygen atoms in total. The Labute approximate surface area is 90.6 Å². The van der Waals surface area contributed by atoms with Gasteiger partial charge in [-0.15, -0.1) is 0 Å². The van der Waals surface area contributed by atoms with Gasteiger partial charge in [0.25, 0.3) is 0 Å². The molecule has 0 amide bonds. The van der Waals surface area contributed by atoms with Gasteiger partial charge in [0.05, 0.1) is 20.3 Å². The lowest BCUT2D eigenvalue weighted by Gasteiger charge is -2.13. The Morgan fingerprint density at radius 3 is 2.53 bits per heavy atom. The number of rotatable bonds is 5. The van der Waals surface area contributed by atoms with Gasteiger partial charge in [0, 0.05) is 12.0 Å². The number of hydrogen-bond donors (Lipinski definition) is 1. The molecule has 0 aliphatic carbocycles. The van der Waals surface area contributed by atoms with Crippen molar-refractivity contribution in [3.63, 3.8) is 0 Å². The van der Waals surface area contributed by atoms with Gasteiger partial charge in [0.1, 0.15) is 11.5 Å². The van der Waals surface area contributed by atoms with Crippen LogP contribution in [0.25, 0.3) is 0 Å². The minimum absolute atomic E-state index is 0.328. The van der Waals surface area contributed by atoms with Crippen LogP contribution in [-0.4, -0.2) is 25.4 Å². The second-order valence-corrected chi connectivity index (χ2v) is 3.44. The van der Waals surface area contributed by atoms with Gasteiger partial charge in [-0.3, -0.25) is 0 Å². The standard InChI is InChI=1S/C12H18O3/c1-4-10(13)7-9-8-11(14-2)5-6-12(9)15-3/h5-6,8,10,13H,4,7H2,1-3H3/t10-/m0/s1. The van der Waals surface area contributed by atoms with Gasteiger partial charge in [-0.05, 0) is 24.6 Å². The first-order chi connectivity index (χ1) is 7.21. The largest absolute Gasteiger partial charge is 0.497 e. The molecule has 0 bridgehead atoms. The molecule has 15 heavy (non-hydrogen) atoms. The lowest BCUT2D eigenvalue weighted by atomic mass is 10.0. The van der Waals surface area contributed by atoms with E-state index >= 15 is 0 Å². The van der Waals surface area contributed by atoms with Gasteiger partial charge in [-0.2, -0.15) is 0 Å². The summed E-state index contributed by atoms with van der Waals surface area (Å²) in [7, 11) is 3.26. The zero-order valence-corrected chi connectivity index (χ0v) is 9.49. The van der Waals surface area contributed by atoms with Crippen LogP contribution in [-0.2, 0) is 6.42 Å². The Balaban J connectivity index is 2.90. The second kappa shape index (κ2) is 5.61. The first-order valence-electron chi connectivity index (χ1n) is 5.10. The summed E-state index contributed by atoms with van der Waals surface area (Å²) in [5.74, 6) is 1.58. The molecule has 0 fully saturated rings. The summed E-state index contributed by atoms with van der Waals surface area (Å²) in [5, 5.41) is 9.60. The highest BCUT2D eigenvalue weighted by Gasteiger charge is 2.09. The molecule has 0 saturated carbocycles. The Morgan fingerprint density at radius 2 is 2.00 bits per heavy atom. The van der Waals surface area contributed by atoms with Crippen LogP contribution in [0.5, 0.6) is 11.5 Å². The van der Waals surface area contributed by atoms with E-state index in [4.69, 9.17) is 9.47 Å². The van der Waals surface area contributed by atoms with Gasteiger partial charge >= 0.3 is 0 Å². The zero-order chi connectivity index (χ0) is 11.3. The summed E-state index contributed by atoms with van der Waals surface area (Å²) in [5.41, 5.74) is 0.978. The maximum absolute atomic E-state index is 9.60. The molecule has 84 valence electrons. The number of aliphatic hydroxyl groups is 1. The van der Waals surface area contributed by atoms with Crippen molar-refractivity contribution in [1.82, 2.24) is 0 Å². The number of hydrogen-bond acceptors (Lipinski definition) is 3. The minimum atomic E-state index is -0.328. The van der Waals surface area contributed by atoms with E-state index in [-0.39, 0.29) is 6.10 Å². The Bertz CT molecular complexity index is 310. The summed E-state index contributed by atoms with van der Waals surface area (Å²) in [6, 6.07) is 5.61. The predicted octanol–water partition coefficient (Wildman–Crippen LogP) is 2.02. The quantitative estimate of drug-likeness (QED) is 0.808. The maximum atomic E-state index is 9.60. The van der Waals surface area contributed by atoms with Crippen LogP contribution in [0.15, 0.2) is 18.2 Å². The fourth-order valence-electron chi connectivity index (χ4n) is 1.44. The molecular formula is C12H18O3. The van der Waals surface area contributed by atoms with Crippen molar-refractivity contribution in [2.45, 2.75) is 25.9 Å². The van der Waals surface area contributed by atoms with Crippen LogP contribution < -0.4 is 9.47 Å². The summed E-state index contributed by atoms with van der Waals surface area (Å²) < 4.78 is 10.4. The molecular weight excluding hydrogens is 192 g/mol.